The fourth-order valence-corrected chi connectivity index (χ4v) is 2.40. The van der Waals surface area contributed by atoms with Crippen LogP contribution in [0, 0.1) is 0 Å². The molecule has 0 saturated heterocycles. The number of hydrogen-bond acceptors (Lipinski definition) is 8. The predicted octanol–water partition coefficient (Wildman–Crippen LogP) is -0.352. The number of rotatable bonds is 5. The van der Waals surface area contributed by atoms with Crippen molar-refractivity contribution in [2.75, 3.05) is 5.43 Å². The summed E-state index contributed by atoms with van der Waals surface area (Å²) in [7, 11) is 1.59. The van der Waals surface area contributed by atoms with Crippen LogP contribution in [0.15, 0.2) is 25.8 Å². The van der Waals surface area contributed by atoms with Crippen molar-refractivity contribution in [2.24, 2.45) is 12.9 Å². The maximum atomic E-state index is 11.3. The highest BCUT2D eigenvalue weighted by atomic mass is 32.2. The van der Waals surface area contributed by atoms with Gasteiger partial charge in [-0.3, -0.25) is 19.4 Å². The summed E-state index contributed by atoms with van der Waals surface area (Å²) < 4.78 is 1.37. The van der Waals surface area contributed by atoms with Crippen molar-refractivity contribution in [3.63, 3.8) is 0 Å². The van der Waals surface area contributed by atoms with Gasteiger partial charge in [-0.25, -0.2) is 15.8 Å². The maximum Gasteiger partial charge on any atom is 0.339 e. The monoisotopic (exact) mass is 309 g/mol. The molecule has 0 unspecified atom stereocenters. The van der Waals surface area contributed by atoms with Gasteiger partial charge in [0.15, 0.2) is 5.16 Å². The first-order valence-electron chi connectivity index (χ1n) is 6.23. The number of H-pyrrole nitrogens is 1. The normalized spacial score (nSPS) is 10.6. The summed E-state index contributed by atoms with van der Waals surface area (Å²) in [5.41, 5.74) is 0.875. The first-order chi connectivity index (χ1) is 10.0. The van der Waals surface area contributed by atoms with Crippen molar-refractivity contribution in [2.45, 2.75) is 29.9 Å². The lowest BCUT2D eigenvalue weighted by atomic mass is 10.3. The SMILES string of the molecule is CCCc1nc(NN)cc(Sc2nc(=O)c(=O)[nH]n2C)n1. The van der Waals surface area contributed by atoms with Crippen LogP contribution in [-0.4, -0.2) is 24.7 Å². The predicted molar refractivity (Wildman–Crippen MR) is 78.1 cm³/mol. The molecule has 2 heterocycles. The molecule has 2 aromatic rings. The van der Waals surface area contributed by atoms with E-state index in [1.54, 1.807) is 13.1 Å². The molecule has 0 bridgehead atoms. The van der Waals surface area contributed by atoms with Crippen molar-refractivity contribution in [1.29, 1.82) is 0 Å². The van der Waals surface area contributed by atoms with Crippen LogP contribution in [0.25, 0.3) is 0 Å². The number of hydrogen-bond donors (Lipinski definition) is 3. The van der Waals surface area contributed by atoms with E-state index in [9.17, 15) is 9.59 Å². The summed E-state index contributed by atoms with van der Waals surface area (Å²) >= 11 is 1.14. The Kier molecular flexibility index (Phi) is 4.70. The van der Waals surface area contributed by atoms with Crippen LogP contribution in [0.1, 0.15) is 19.2 Å². The van der Waals surface area contributed by atoms with Crippen LogP contribution < -0.4 is 22.4 Å². The van der Waals surface area contributed by atoms with E-state index in [1.807, 2.05) is 6.92 Å². The second-order valence-electron chi connectivity index (χ2n) is 4.20. The molecule has 0 radical (unpaired) electrons. The molecule has 0 spiro atoms. The number of nitrogens with two attached hydrogens (primary N) is 1. The molecule has 9 nitrogen and oxygen atoms in total. The fraction of sp³-hybridized carbons (Fsp3) is 0.364. The summed E-state index contributed by atoms with van der Waals surface area (Å²) in [6.45, 7) is 2.02. The number of nitrogen functional groups attached to an aromatic ring is 1. The number of aryl methyl sites for hydroxylation is 2. The van der Waals surface area contributed by atoms with E-state index in [2.05, 4.69) is 25.5 Å². The Balaban J connectivity index is 2.39. The lowest BCUT2D eigenvalue weighted by Crippen LogP contribution is -2.33. The Bertz CT molecular complexity index is 755. The largest absolute Gasteiger partial charge is 0.339 e. The highest BCUT2D eigenvalue weighted by Gasteiger charge is 2.10. The molecule has 10 heteroatoms. The van der Waals surface area contributed by atoms with Crippen LogP contribution in [0.3, 0.4) is 0 Å². The van der Waals surface area contributed by atoms with Crippen LogP contribution in [0.5, 0.6) is 0 Å². The molecule has 0 aromatic carbocycles. The van der Waals surface area contributed by atoms with Gasteiger partial charge in [0.1, 0.15) is 16.7 Å². The van der Waals surface area contributed by atoms with Crippen LogP contribution in [-0.2, 0) is 13.5 Å². The zero-order chi connectivity index (χ0) is 15.4. The highest BCUT2D eigenvalue weighted by molar-refractivity contribution is 7.99. The van der Waals surface area contributed by atoms with Crippen molar-refractivity contribution in [1.82, 2.24) is 24.7 Å². The van der Waals surface area contributed by atoms with E-state index in [4.69, 9.17) is 5.84 Å². The van der Waals surface area contributed by atoms with Gasteiger partial charge in [-0.15, -0.1) is 0 Å². The minimum absolute atomic E-state index is 0.323. The van der Waals surface area contributed by atoms with Gasteiger partial charge in [0.2, 0.25) is 0 Å². The van der Waals surface area contributed by atoms with Gasteiger partial charge in [0, 0.05) is 19.5 Å². The van der Waals surface area contributed by atoms with E-state index in [0.29, 0.717) is 28.2 Å². The lowest BCUT2D eigenvalue weighted by Gasteiger charge is -2.08. The minimum Gasteiger partial charge on any atom is -0.308 e. The van der Waals surface area contributed by atoms with Gasteiger partial charge >= 0.3 is 11.1 Å². The molecular weight excluding hydrogens is 294 g/mol. The summed E-state index contributed by atoms with van der Waals surface area (Å²) in [5.74, 6) is 6.50. The summed E-state index contributed by atoms with van der Waals surface area (Å²) in [5, 5.41) is 3.28. The fourth-order valence-electron chi connectivity index (χ4n) is 1.58. The van der Waals surface area contributed by atoms with Gasteiger partial charge in [0.25, 0.3) is 0 Å². The third-order valence-electron chi connectivity index (χ3n) is 2.51. The van der Waals surface area contributed by atoms with Gasteiger partial charge in [-0.1, -0.05) is 6.92 Å². The molecule has 2 aromatic heterocycles. The third-order valence-corrected chi connectivity index (χ3v) is 3.48. The van der Waals surface area contributed by atoms with E-state index in [1.165, 1.54) is 4.68 Å². The Morgan fingerprint density at radius 3 is 2.81 bits per heavy atom. The van der Waals surface area contributed by atoms with Crippen molar-refractivity contribution in [3.8, 4) is 0 Å². The standard InChI is InChI=1S/C11H15N7O2S/c1-3-4-6-13-7(16-12)5-8(14-6)21-11-15-9(19)10(20)17-18(11)2/h5H,3-4,12H2,1-2H3,(H,17,20)(H,13,14,16). The topological polar surface area (TPSA) is 132 Å². The molecule has 112 valence electrons. The molecule has 21 heavy (non-hydrogen) atoms. The number of nitrogens with zero attached hydrogens (tertiary/aromatic N) is 4. The molecule has 4 N–H and O–H groups in total. The van der Waals surface area contributed by atoms with Crippen LogP contribution in [0.2, 0.25) is 0 Å². The van der Waals surface area contributed by atoms with E-state index in [0.717, 1.165) is 18.2 Å². The molecule has 0 aliphatic rings. The quantitative estimate of drug-likeness (QED) is 0.295. The number of aromatic amines is 1. The van der Waals surface area contributed by atoms with Crippen LogP contribution in [0.4, 0.5) is 5.82 Å². The molecular formula is C11H15N7O2S. The van der Waals surface area contributed by atoms with Gasteiger partial charge in [0.05, 0.1) is 0 Å². The van der Waals surface area contributed by atoms with E-state index >= 15 is 0 Å². The molecule has 0 saturated carbocycles. The van der Waals surface area contributed by atoms with Crippen LogP contribution >= 0.6 is 11.8 Å². The Morgan fingerprint density at radius 2 is 2.14 bits per heavy atom. The summed E-state index contributed by atoms with van der Waals surface area (Å²) in [4.78, 5) is 34.8. The first-order valence-corrected chi connectivity index (χ1v) is 7.05. The van der Waals surface area contributed by atoms with E-state index < -0.39 is 11.1 Å². The third kappa shape index (κ3) is 3.67. The smallest absolute Gasteiger partial charge is 0.308 e. The minimum atomic E-state index is -0.837. The first kappa shape index (κ1) is 15.2. The average Bonchev–Trinajstić information content (AvgIpc) is 2.45. The molecule has 0 atom stereocenters. The average molecular weight is 309 g/mol. The van der Waals surface area contributed by atoms with Crippen molar-refractivity contribution >= 4 is 17.6 Å². The number of anilines is 1. The number of nitrogens with one attached hydrogen (secondary N) is 2. The number of hydrazine groups is 1. The molecule has 0 aliphatic carbocycles. The zero-order valence-electron chi connectivity index (χ0n) is 11.6. The van der Waals surface area contributed by atoms with Crippen molar-refractivity contribution < 1.29 is 0 Å². The second kappa shape index (κ2) is 6.50. The lowest BCUT2D eigenvalue weighted by molar-refractivity contribution is 0.596. The Hall–Kier alpha value is -2.20. The van der Waals surface area contributed by atoms with Gasteiger partial charge in [-0.2, -0.15) is 4.98 Å². The van der Waals surface area contributed by atoms with E-state index in [-0.39, 0.29) is 0 Å². The van der Waals surface area contributed by atoms with Gasteiger partial charge < -0.3 is 5.43 Å². The number of aromatic nitrogens is 5. The molecule has 2 rings (SSSR count). The molecule has 0 aliphatic heterocycles. The summed E-state index contributed by atoms with van der Waals surface area (Å²) in [6.07, 6.45) is 1.61. The summed E-state index contributed by atoms with van der Waals surface area (Å²) in [6, 6.07) is 1.64. The maximum absolute atomic E-state index is 11.3. The van der Waals surface area contributed by atoms with Gasteiger partial charge in [-0.05, 0) is 18.2 Å². The Morgan fingerprint density at radius 1 is 1.38 bits per heavy atom. The second-order valence-corrected chi connectivity index (χ2v) is 5.19. The Labute approximate surface area is 124 Å². The highest BCUT2D eigenvalue weighted by Crippen LogP contribution is 2.24. The molecule has 0 fully saturated rings. The van der Waals surface area contributed by atoms with Crippen molar-refractivity contribution in [3.05, 3.63) is 32.6 Å². The molecule has 0 amide bonds. The zero-order valence-corrected chi connectivity index (χ0v) is 12.4.